The first-order valence-electron chi connectivity index (χ1n) is 12.6. The Kier molecular flexibility index (Phi) is 8.22. The highest BCUT2D eigenvalue weighted by molar-refractivity contribution is 5.37. The lowest BCUT2D eigenvalue weighted by atomic mass is 9.59. The monoisotopic (exact) mass is 457 g/mol. The average molecular weight is 458 g/mol. The van der Waals surface area contributed by atoms with Gasteiger partial charge in [0.25, 0.3) is 0 Å². The van der Waals surface area contributed by atoms with Gasteiger partial charge < -0.3 is 14.4 Å². The van der Waals surface area contributed by atoms with E-state index in [2.05, 4.69) is 41.3 Å². The Hall–Kier alpha value is -2.86. The van der Waals surface area contributed by atoms with Crippen molar-refractivity contribution >= 4 is 0 Å². The number of ether oxygens (including phenoxy) is 2. The third kappa shape index (κ3) is 5.12. The van der Waals surface area contributed by atoms with Crippen LogP contribution in [0, 0.1) is 34.5 Å². The summed E-state index contributed by atoms with van der Waals surface area (Å²) in [6.07, 6.45) is 6.44. The van der Waals surface area contributed by atoms with Crippen LogP contribution in [0.2, 0.25) is 0 Å². The molecule has 0 bridgehead atoms. The summed E-state index contributed by atoms with van der Waals surface area (Å²) in [5, 5.41) is 19.6. The van der Waals surface area contributed by atoms with Crippen molar-refractivity contribution in [1.82, 2.24) is 4.90 Å². The van der Waals surface area contributed by atoms with Crippen molar-refractivity contribution in [3.8, 4) is 17.9 Å². The molecule has 2 aromatic rings. The van der Waals surface area contributed by atoms with Crippen LogP contribution in [0.15, 0.2) is 54.6 Å². The third-order valence-corrected chi connectivity index (χ3v) is 7.88. The molecule has 0 radical (unpaired) electrons. The highest BCUT2D eigenvalue weighted by Crippen LogP contribution is 2.50. The summed E-state index contributed by atoms with van der Waals surface area (Å²) in [7, 11) is 1.80. The topological polar surface area (TPSA) is 69.3 Å². The normalized spacial score (nSPS) is 23.0. The van der Waals surface area contributed by atoms with Crippen LogP contribution >= 0.6 is 0 Å². The molecule has 1 saturated carbocycles. The molecule has 1 aliphatic carbocycles. The second-order valence-electron chi connectivity index (χ2n) is 9.61. The molecule has 2 aromatic carbocycles. The maximum atomic E-state index is 10.7. The molecule has 4 rings (SSSR count). The first-order valence-corrected chi connectivity index (χ1v) is 12.6. The molecule has 2 aliphatic rings. The molecule has 5 heteroatoms. The van der Waals surface area contributed by atoms with Crippen LogP contribution in [0.25, 0.3) is 0 Å². The van der Waals surface area contributed by atoms with Gasteiger partial charge in [-0.05, 0) is 80.9 Å². The Morgan fingerprint density at radius 2 is 1.71 bits per heavy atom. The van der Waals surface area contributed by atoms with Crippen molar-refractivity contribution in [2.75, 3.05) is 33.4 Å². The summed E-state index contributed by atoms with van der Waals surface area (Å²) >= 11 is 0. The predicted molar refractivity (Wildman–Crippen MR) is 132 cm³/mol. The van der Waals surface area contributed by atoms with Crippen LogP contribution in [0.1, 0.15) is 49.7 Å². The van der Waals surface area contributed by atoms with E-state index in [9.17, 15) is 5.26 Å². The molecular weight excluding hydrogens is 422 g/mol. The van der Waals surface area contributed by atoms with E-state index >= 15 is 0 Å². The Labute approximate surface area is 203 Å². The smallest absolute Gasteiger partial charge is 0.119 e. The number of likely N-dealkylation sites (tertiary alicyclic amines) is 1. The largest absolute Gasteiger partial charge is 0.494 e. The number of nitriles is 2. The third-order valence-electron chi connectivity index (χ3n) is 7.88. The highest BCUT2D eigenvalue weighted by atomic mass is 16.5. The van der Waals surface area contributed by atoms with E-state index in [0.29, 0.717) is 18.1 Å². The van der Waals surface area contributed by atoms with Crippen molar-refractivity contribution in [2.24, 2.45) is 11.8 Å². The van der Waals surface area contributed by atoms with E-state index in [1.165, 1.54) is 5.56 Å². The number of piperidine rings is 1. The zero-order valence-corrected chi connectivity index (χ0v) is 20.2. The Morgan fingerprint density at radius 1 is 0.971 bits per heavy atom. The SMILES string of the molecule is CO[C@H]1CCC[C@@H]1C(C#N)(c1ccccc1)C1CCN(CCCOc2ccc(C#N)cc2)CC1. The number of nitrogens with zero attached hydrogens (tertiary/aromatic N) is 3. The van der Waals surface area contributed by atoms with Crippen LogP contribution < -0.4 is 4.74 Å². The van der Waals surface area contributed by atoms with Gasteiger partial charge in [-0.3, -0.25) is 0 Å². The van der Waals surface area contributed by atoms with E-state index in [1.807, 2.05) is 18.2 Å². The molecule has 1 unspecified atom stereocenters. The van der Waals surface area contributed by atoms with Crippen LogP contribution in [0.3, 0.4) is 0 Å². The second kappa shape index (κ2) is 11.5. The molecule has 1 aliphatic heterocycles. The summed E-state index contributed by atoms with van der Waals surface area (Å²) in [5.74, 6) is 1.40. The first-order chi connectivity index (χ1) is 16.7. The lowest BCUT2D eigenvalue weighted by molar-refractivity contribution is 0.0205. The summed E-state index contributed by atoms with van der Waals surface area (Å²) in [6, 6.07) is 22.8. The van der Waals surface area contributed by atoms with Crippen LogP contribution in [0.5, 0.6) is 5.75 Å². The molecule has 3 atom stereocenters. The molecule has 2 fully saturated rings. The predicted octanol–water partition coefficient (Wildman–Crippen LogP) is 5.32. The molecule has 0 N–H and O–H groups in total. The summed E-state index contributed by atoms with van der Waals surface area (Å²) in [4.78, 5) is 2.51. The fourth-order valence-corrected chi connectivity index (χ4v) is 6.15. The minimum Gasteiger partial charge on any atom is -0.494 e. The fourth-order valence-electron chi connectivity index (χ4n) is 6.15. The van der Waals surface area contributed by atoms with E-state index in [4.69, 9.17) is 14.7 Å². The van der Waals surface area contributed by atoms with Gasteiger partial charge in [0.2, 0.25) is 0 Å². The molecule has 0 spiro atoms. The van der Waals surface area contributed by atoms with E-state index < -0.39 is 5.41 Å². The fraction of sp³-hybridized carbons (Fsp3) is 0.517. The van der Waals surface area contributed by atoms with Gasteiger partial charge in [-0.1, -0.05) is 36.8 Å². The molecule has 5 nitrogen and oxygen atoms in total. The molecule has 178 valence electrons. The lowest BCUT2D eigenvalue weighted by Crippen LogP contribution is -2.49. The Bertz CT molecular complexity index is 987. The average Bonchev–Trinajstić information content (AvgIpc) is 3.38. The summed E-state index contributed by atoms with van der Waals surface area (Å²) < 4.78 is 11.7. The maximum Gasteiger partial charge on any atom is 0.119 e. The van der Waals surface area contributed by atoms with E-state index in [1.54, 1.807) is 19.2 Å². The first kappa shape index (κ1) is 24.3. The van der Waals surface area contributed by atoms with Gasteiger partial charge in [-0.25, -0.2) is 0 Å². The summed E-state index contributed by atoms with van der Waals surface area (Å²) in [6.45, 7) is 3.69. The van der Waals surface area contributed by atoms with Crippen molar-refractivity contribution in [2.45, 2.75) is 50.0 Å². The van der Waals surface area contributed by atoms with Gasteiger partial charge in [0, 0.05) is 19.6 Å². The summed E-state index contributed by atoms with van der Waals surface area (Å²) in [5.41, 5.74) is 1.33. The molecule has 1 saturated heterocycles. The number of rotatable bonds is 9. The van der Waals surface area contributed by atoms with Crippen LogP contribution in [-0.4, -0.2) is 44.4 Å². The van der Waals surface area contributed by atoms with Gasteiger partial charge >= 0.3 is 0 Å². The minimum absolute atomic E-state index is 0.164. The number of methoxy groups -OCH3 is 1. The van der Waals surface area contributed by atoms with Gasteiger partial charge in [-0.2, -0.15) is 10.5 Å². The Balaban J connectivity index is 1.35. The van der Waals surface area contributed by atoms with Gasteiger partial charge in [-0.15, -0.1) is 0 Å². The van der Waals surface area contributed by atoms with Crippen molar-refractivity contribution < 1.29 is 9.47 Å². The number of hydrogen-bond donors (Lipinski definition) is 0. The minimum atomic E-state index is -0.483. The highest BCUT2D eigenvalue weighted by Gasteiger charge is 2.52. The van der Waals surface area contributed by atoms with E-state index in [-0.39, 0.29) is 12.0 Å². The number of hydrogen-bond acceptors (Lipinski definition) is 5. The molecular formula is C29H35N3O2. The molecule has 34 heavy (non-hydrogen) atoms. The standard InChI is InChI=1S/C29H35N3O2/c1-33-28-10-5-9-27(28)29(22-31,24-7-3-2-4-8-24)25-15-18-32(19-16-25)17-6-20-34-26-13-11-23(21-30)12-14-26/h2-4,7-8,11-14,25,27-28H,5-6,9-10,15-20H2,1H3/t27-,28-,29?/m0/s1. The second-order valence-corrected chi connectivity index (χ2v) is 9.61. The molecule has 0 amide bonds. The molecule has 1 heterocycles. The van der Waals surface area contributed by atoms with Crippen molar-refractivity contribution in [3.63, 3.8) is 0 Å². The van der Waals surface area contributed by atoms with Crippen LogP contribution in [0.4, 0.5) is 0 Å². The van der Waals surface area contributed by atoms with E-state index in [0.717, 1.165) is 63.9 Å². The van der Waals surface area contributed by atoms with Gasteiger partial charge in [0.15, 0.2) is 0 Å². The maximum absolute atomic E-state index is 10.7. The number of benzene rings is 2. The lowest BCUT2D eigenvalue weighted by Gasteiger charge is -2.45. The molecule has 0 aromatic heterocycles. The van der Waals surface area contributed by atoms with Gasteiger partial charge in [0.05, 0.1) is 35.8 Å². The zero-order chi connectivity index (χ0) is 23.8. The van der Waals surface area contributed by atoms with Gasteiger partial charge in [0.1, 0.15) is 5.75 Å². The van der Waals surface area contributed by atoms with Crippen molar-refractivity contribution in [1.29, 1.82) is 10.5 Å². The Morgan fingerprint density at radius 3 is 2.35 bits per heavy atom. The quantitative estimate of drug-likeness (QED) is 0.477. The van der Waals surface area contributed by atoms with Crippen LogP contribution in [-0.2, 0) is 10.2 Å². The zero-order valence-electron chi connectivity index (χ0n) is 20.2. The van der Waals surface area contributed by atoms with Crippen molar-refractivity contribution in [3.05, 3.63) is 65.7 Å².